The second kappa shape index (κ2) is 8.50. The van der Waals surface area contributed by atoms with Gasteiger partial charge in [-0.3, -0.25) is 9.59 Å². The predicted molar refractivity (Wildman–Crippen MR) is 94.8 cm³/mol. The molecule has 0 bridgehead atoms. The molecule has 0 unspecified atom stereocenters. The molecule has 1 aliphatic rings. The van der Waals surface area contributed by atoms with Crippen LogP contribution in [0.3, 0.4) is 0 Å². The van der Waals surface area contributed by atoms with Crippen molar-refractivity contribution in [3.63, 3.8) is 0 Å². The molecule has 1 aromatic rings. The number of hydrogen-bond acceptors (Lipinski definition) is 5. The van der Waals surface area contributed by atoms with Crippen LogP contribution in [0.2, 0.25) is 0 Å². The molecule has 0 spiro atoms. The van der Waals surface area contributed by atoms with E-state index in [0.717, 1.165) is 12.0 Å². The van der Waals surface area contributed by atoms with Gasteiger partial charge >= 0.3 is 0 Å². The number of carbonyl (C=O) groups is 2. The number of nitrogens with zero attached hydrogens (tertiary/aromatic N) is 2. The Balaban J connectivity index is 2.07. The molecule has 1 aliphatic heterocycles. The maximum atomic E-state index is 12.4. The second-order valence-corrected chi connectivity index (χ2v) is 5.92. The predicted octanol–water partition coefficient (Wildman–Crippen LogP) is 2.27. The van der Waals surface area contributed by atoms with Gasteiger partial charge in [-0.2, -0.15) is 5.10 Å². The Morgan fingerprint density at radius 2 is 2.12 bits per heavy atom. The summed E-state index contributed by atoms with van der Waals surface area (Å²) in [6.45, 7) is 4.54. The first-order valence-electron chi connectivity index (χ1n) is 8.41. The van der Waals surface area contributed by atoms with Gasteiger partial charge in [0.25, 0.3) is 5.91 Å². The topological polar surface area (TPSA) is 80.2 Å². The van der Waals surface area contributed by atoms with Crippen molar-refractivity contribution in [3.05, 3.63) is 23.8 Å². The van der Waals surface area contributed by atoms with Crippen molar-refractivity contribution in [3.8, 4) is 11.5 Å². The van der Waals surface area contributed by atoms with Crippen LogP contribution < -0.4 is 14.8 Å². The smallest absolute Gasteiger partial charge is 0.267 e. The fourth-order valence-electron chi connectivity index (χ4n) is 2.48. The van der Waals surface area contributed by atoms with Crippen LogP contribution in [0.25, 0.3) is 0 Å². The van der Waals surface area contributed by atoms with Gasteiger partial charge in [-0.05, 0) is 31.0 Å². The summed E-state index contributed by atoms with van der Waals surface area (Å²) in [5, 5.41) is 8.16. The highest BCUT2D eigenvalue weighted by Crippen LogP contribution is 2.30. The Labute approximate surface area is 148 Å². The lowest BCUT2D eigenvalue weighted by molar-refractivity contribution is -0.130. The van der Waals surface area contributed by atoms with Crippen LogP contribution in [-0.2, 0) is 9.59 Å². The number of nitrogens with one attached hydrogen (secondary N) is 1. The normalized spacial score (nSPS) is 15.4. The number of benzene rings is 1. The minimum absolute atomic E-state index is 0.0861. The molecule has 0 saturated carbocycles. The van der Waals surface area contributed by atoms with Crippen molar-refractivity contribution in [1.82, 2.24) is 10.3 Å². The number of carbonyl (C=O) groups excluding carboxylic acids is 2. The largest absolute Gasteiger partial charge is 0.493 e. The number of methoxy groups -OCH3 is 1. The fraction of sp³-hybridized carbons (Fsp3) is 0.500. The average molecular weight is 347 g/mol. The van der Waals surface area contributed by atoms with E-state index in [1.54, 1.807) is 14.2 Å². The van der Waals surface area contributed by atoms with E-state index in [1.807, 2.05) is 32.0 Å². The van der Waals surface area contributed by atoms with Crippen LogP contribution in [0.5, 0.6) is 11.5 Å². The van der Waals surface area contributed by atoms with Crippen molar-refractivity contribution in [2.45, 2.75) is 39.2 Å². The molecule has 0 saturated heterocycles. The van der Waals surface area contributed by atoms with E-state index < -0.39 is 0 Å². The Kier molecular flexibility index (Phi) is 6.38. The Morgan fingerprint density at radius 1 is 1.36 bits per heavy atom. The molecule has 1 aromatic carbocycles. The first-order valence-corrected chi connectivity index (χ1v) is 8.41. The molecule has 1 atom stereocenters. The van der Waals surface area contributed by atoms with Gasteiger partial charge in [0.05, 0.1) is 19.8 Å². The summed E-state index contributed by atoms with van der Waals surface area (Å²) in [4.78, 5) is 23.8. The molecule has 0 aliphatic carbocycles. The first-order chi connectivity index (χ1) is 12.0. The standard InChI is InChI=1S/C18H25N3O4/c1-5-10-25-15-8-6-13(11-16(15)24-4)12(2)19-18(23)14-7-9-17(22)21(3)20-14/h6,8,11-12H,5,7,9-10H2,1-4H3,(H,19,23)/t12-/m1/s1. The van der Waals surface area contributed by atoms with Gasteiger partial charge in [-0.1, -0.05) is 13.0 Å². The zero-order chi connectivity index (χ0) is 18.4. The Morgan fingerprint density at radius 3 is 2.76 bits per heavy atom. The van der Waals surface area contributed by atoms with Crippen molar-refractivity contribution in [2.24, 2.45) is 5.10 Å². The third-order valence-corrected chi connectivity index (χ3v) is 3.97. The van der Waals surface area contributed by atoms with E-state index >= 15 is 0 Å². The molecule has 7 heteroatoms. The van der Waals surface area contributed by atoms with Crippen LogP contribution in [0.4, 0.5) is 0 Å². The lowest BCUT2D eigenvalue weighted by atomic mass is 10.1. The SMILES string of the molecule is CCCOc1ccc([C@@H](C)NC(=O)C2=NN(C)C(=O)CC2)cc1OC. The van der Waals surface area contributed by atoms with Gasteiger partial charge in [0.1, 0.15) is 5.71 Å². The van der Waals surface area contributed by atoms with Crippen LogP contribution in [0, 0.1) is 0 Å². The van der Waals surface area contributed by atoms with E-state index in [4.69, 9.17) is 9.47 Å². The van der Waals surface area contributed by atoms with Gasteiger partial charge < -0.3 is 14.8 Å². The molecular formula is C18H25N3O4. The van der Waals surface area contributed by atoms with Crippen molar-refractivity contribution >= 4 is 17.5 Å². The average Bonchev–Trinajstić information content (AvgIpc) is 2.61. The fourth-order valence-corrected chi connectivity index (χ4v) is 2.48. The number of amides is 2. The molecule has 2 amide bonds. The summed E-state index contributed by atoms with van der Waals surface area (Å²) in [6, 6.07) is 5.37. The highest BCUT2D eigenvalue weighted by molar-refractivity contribution is 6.39. The van der Waals surface area contributed by atoms with E-state index in [9.17, 15) is 9.59 Å². The molecule has 1 heterocycles. The van der Waals surface area contributed by atoms with E-state index in [0.29, 0.717) is 36.7 Å². The Hall–Kier alpha value is -2.57. The molecular weight excluding hydrogens is 322 g/mol. The lowest BCUT2D eigenvalue weighted by Crippen LogP contribution is -2.38. The van der Waals surface area contributed by atoms with Crippen LogP contribution in [0.15, 0.2) is 23.3 Å². The van der Waals surface area contributed by atoms with Crippen LogP contribution in [0.1, 0.15) is 44.7 Å². The van der Waals surface area contributed by atoms with Gasteiger partial charge in [-0.25, -0.2) is 5.01 Å². The van der Waals surface area contributed by atoms with Crippen LogP contribution >= 0.6 is 0 Å². The summed E-state index contributed by atoms with van der Waals surface area (Å²) in [5.41, 5.74) is 1.26. The molecule has 0 aromatic heterocycles. The lowest BCUT2D eigenvalue weighted by Gasteiger charge is -2.21. The number of ether oxygens (including phenoxy) is 2. The number of rotatable bonds is 7. The first kappa shape index (κ1) is 18.8. The zero-order valence-corrected chi connectivity index (χ0v) is 15.2. The molecule has 0 fully saturated rings. The monoisotopic (exact) mass is 347 g/mol. The molecule has 7 nitrogen and oxygen atoms in total. The number of hydrazone groups is 1. The molecule has 2 rings (SSSR count). The number of hydrogen-bond donors (Lipinski definition) is 1. The van der Waals surface area contributed by atoms with Gasteiger partial charge in [-0.15, -0.1) is 0 Å². The molecule has 0 radical (unpaired) electrons. The molecule has 25 heavy (non-hydrogen) atoms. The van der Waals surface area contributed by atoms with E-state index in [2.05, 4.69) is 10.4 Å². The quantitative estimate of drug-likeness (QED) is 0.820. The zero-order valence-electron chi connectivity index (χ0n) is 15.2. The highest BCUT2D eigenvalue weighted by atomic mass is 16.5. The second-order valence-electron chi connectivity index (χ2n) is 5.92. The third-order valence-electron chi connectivity index (χ3n) is 3.97. The summed E-state index contributed by atoms with van der Waals surface area (Å²) < 4.78 is 11.0. The summed E-state index contributed by atoms with van der Waals surface area (Å²) in [5.74, 6) is 0.963. The maximum absolute atomic E-state index is 12.4. The van der Waals surface area contributed by atoms with Crippen molar-refractivity contribution < 1.29 is 19.1 Å². The van der Waals surface area contributed by atoms with Crippen molar-refractivity contribution in [1.29, 1.82) is 0 Å². The van der Waals surface area contributed by atoms with Gasteiger partial charge in [0, 0.05) is 19.9 Å². The molecule has 1 N–H and O–H groups in total. The van der Waals surface area contributed by atoms with E-state index in [-0.39, 0.29) is 17.9 Å². The molecule has 136 valence electrons. The van der Waals surface area contributed by atoms with Crippen LogP contribution in [-0.4, -0.2) is 43.3 Å². The Bertz CT molecular complexity index is 672. The summed E-state index contributed by atoms with van der Waals surface area (Å²) >= 11 is 0. The maximum Gasteiger partial charge on any atom is 0.267 e. The minimum atomic E-state index is -0.267. The van der Waals surface area contributed by atoms with Gasteiger partial charge in [0.2, 0.25) is 5.91 Å². The summed E-state index contributed by atoms with van der Waals surface area (Å²) in [7, 11) is 3.14. The van der Waals surface area contributed by atoms with E-state index in [1.165, 1.54) is 5.01 Å². The highest BCUT2D eigenvalue weighted by Gasteiger charge is 2.23. The van der Waals surface area contributed by atoms with Gasteiger partial charge in [0.15, 0.2) is 11.5 Å². The van der Waals surface area contributed by atoms with Crippen molar-refractivity contribution in [2.75, 3.05) is 20.8 Å². The minimum Gasteiger partial charge on any atom is -0.493 e. The third kappa shape index (κ3) is 4.71. The summed E-state index contributed by atoms with van der Waals surface area (Å²) in [6.07, 6.45) is 1.57.